The van der Waals surface area contributed by atoms with Crippen LogP contribution in [-0.2, 0) is 6.61 Å². The number of benzene rings is 1. The molecule has 0 spiro atoms. The standard InChI is InChI=1S/C13H13N3O2/c1-9(18)10-2-4-11(5-3-10)15-12-6-7-14-13(8-17)16-12/h2-7,17H,8H2,1H3,(H,14,15,16). The van der Waals surface area contributed by atoms with E-state index in [0.29, 0.717) is 17.2 Å². The second-order valence-electron chi connectivity index (χ2n) is 3.77. The molecule has 2 aromatic rings. The first-order valence-corrected chi connectivity index (χ1v) is 5.50. The third kappa shape index (κ3) is 2.89. The number of hydrogen-bond acceptors (Lipinski definition) is 5. The molecule has 0 atom stereocenters. The van der Waals surface area contributed by atoms with Crippen LogP contribution in [0.15, 0.2) is 36.5 Å². The highest BCUT2D eigenvalue weighted by Crippen LogP contribution is 2.15. The third-order valence-corrected chi connectivity index (χ3v) is 2.41. The van der Waals surface area contributed by atoms with E-state index < -0.39 is 0 Å². The highest BCUT2D eigenvalue weighted by atomic mass is 16.3. The fourth-order valence-corrected chi connectivity index (χ4v) is 1.48. The number of Topliss-reactive ketones (excluding diaryl/α,β-unsaturated/α-hetero) is 1. The van der Waals surface area contributed by atoms with Gasteiger partial charge in [0.25, 0.3) is 0 Å². The maximum atomic E-state index is 11.1. The maximum absolute atomic E-state index is 11.1. The Morgan fingerprint density at radius 3 is 2.61 bits per heavy atom. The minimum atomic E-state index is -0.196. The van der Waals surface area contributed by atoms with Crippen molar-refractivity contribution in [2.45, 2.75) is 13.5 Å². The Morgan fingerprint density at radius 1 is 1.28 bits per heavy atom. The van der Waals surface area contributed by atoms with Gasteiger partial charge in [-0.3, -0.25) is 4.79 Å². The number of nitrogens with one attached hydrogen (secondary N) is 1. The molecule has 0 saturated carbocycles. The van der Waals surface area contributed by atoms with Crippen molar-refractivity contribution in [2.24, 2.45) is 0 Å². The Labute approximate surface area is 105 Å². The monoisotopic (exact) mass is 243 g/mol. The molecule has 0 aliphatic heterocycles. The predicted molar refractivity (Wildman–Crippen MR) is 67.7 cm³/mol. The first-order chi connectivity index (χ1) is 8.69. The normalized spacial score (nSPS) is 10.1. The van der Waals surface area contributed by atoms with Gasteiger partial charge in [-0.2, -0.15) is 0 Å². The Bertz CT molecular complexity index is 552. The highest BCUT2D eigenvalue weighted by Gasteiger charge is 2.01. The summed E-state index contributed by atoms with van der Waals surface area (Å²) in [5, 5.41) is 12.0. The summed E-state index contributed by atoms with van der Waals surface area (Å²) in [5.41, 5.74) is 1.49. The maximum Gasteiger partial charge on any atom is 0.159 e. The number of carbonyl (C=O) groups excluding carboxylic acids is 1. The fraction of sp³-hybridized carbons (Fsp3) is 0.154. The van der Waals surface area contributed by atoms with Gasteiger partial charge in [0.1, 0.15) is 12.4 Å². The van der Waals surface area contributed by atoms with Crippen molar-refractivity contribution < 1.29 is 9.90 Å². The molecule has 1 aromatic carbocycles. The molecule has 0 aliphatic rings. The van der Waals surface area contributed by atoms with Crippen LogP contribution in [0, 0.1) is 0 Å². The number of ketones is 1. The van der Waals surface area contributed by atoms with E-state index in [1.165, 1.54) is 6.92 Å². The molecule has 1 aromatic heterocycles. The lowest BCUT2D eigenvalue weighted by atomic mass is 10.1. The van der Waals surface area contributed by atoms with Crippen LogP contribution in [0.1, 0.15) is 23.1 Å². The summed E-state index contributed by atoms with van der Waals surface area (Å²) in [4.78, 5) is 19.1. The average molecular weight is 243 g/mol. The minimum absolute atomic E-state index is 0.0335. The fourth-order valence-electron chi connectivity index (χ4n) is 1.48. The summed E-state index contributed by atoms with van der Waals surface area (Å²) in [6.07, 6.45) is 1.57. The van der Waals surface area contributed by atoms with Crippen molar-refractivity contribution in [2.75, 3.05) is 5.32 Å². The molecule has 0 unspecified atom stereocenters. The van der Waals surface area contributed by atoms with Crippen molar-refractivity contribution >= 4 is 17.3 Å². The van der Waals surface area contributed by atoms with Crippen molar-refractivity contribution in [1.29, 1.82) is 0 Å². The summed E-state index contributed by atoms with van der Waals surface area (Å²) >= 11 is 0. The van der Waals surface area contributed by atoms with Gasteiger partial charge in [0.05, 0.1) is 0 Å². The van der Waals surface area contributed by atoms with Gasteiger partial charge in [0.2, 0.25) is 0 Å². The predicted octanol–water partition coefficient (Wildman–Crippen LogP) is 1.92. The second kappa shape index (κ2) is 5.37. The summed E-state index contributed by atoms with van der Waals surface area (Å²) < 4.78 is 0. The van der Waals surface area contributed by atoms with E-state index in [-0.39, 0.29) is 12.4 Å². The Kier molecular flexibility index (Phi) is 3.64. The highest BCUT2D eigenvalue weighted by molar-refractivity contribution is 5.94. The molecule has 2 rings (SSSR count). The van der Waals surface area contributed by atoms with Gasteiger partial charge < -0.3 is 10.4 Å². The van der Waals surface area contributed by atoms with Crippen LogP contribution in [0.4, 0.5) is 11.5 Å². The van der Waals surface area contributed by atoms with E-state index in [2.05, 4.69) is 15.3 Å². The van der Waals surface area contributed by atoms with Crippen LogP contribution in [0.2, 0.25) is 0 Å². The lowest BCUT2D eigenvalue weighted by Gasteiger charge is -2.06. The van der Waals surface area contributed by atoms with Crippen LogP contribution >= 0.6 is 0 Å². The number of anilines is 2. The number of rotatable bonds is 4. The van der Waals surface area contributed by atoms with E-state index in [1.807, 2.05) is 0 Å². The van der Waals surface area contributed by atoms with Crippen LogP contribution in [0.5, 0.6) is 0 Å². The smallest absolute Gasteiger partial charge is 0.159 e. The molecule has 0 saturated heterocycles. The Balaban J connectivity index is 2.15. The number of aromatic nitrogens is 2. The van der Waals surface area contributed by atoms with Crippen LogP contribution in [0.25, 0.3) is 0 Å². The van der Waals surface area contributed by atoms with Crippen LogP contribution in [0.3, 0.4) is 0 Å². The first kappa shape index (κ1) is 12.2. The van der Waals surface area contributed by atoms with Crippen molar-refractivity contribution in [3.8, 4) is 0 Å². The number of aliphatic hydroxyl groups is 1. The number of aliphatic hydroxyl groups excluding tert-OH is 1. The quantitative estimate of drug-likeness (QED) is 0.802. The molecule has 92 valence electrons. The molecule has 0 radical (unpaired) electrons. The van der Waals surface area contributed by atoms with E-state index in [9.17, 15) is 4.79 Å². The van der Waals surface area contributed by atoms with E-state index in [1.54, 1.807) is 36.5 Å². The molecule has 5 heteroatoms. The Morgan fingerprint density at radius 2 is 2.00 bits per heavy atom. The summed E-state index contributed by atoms with van der Waals surface area (Å²) in [7, 11) is 0. The summed E-state index contributed by atoms with van der Waals surface area (Å²) in [5.74, 6) is 0.996. The van der Waals surface area contributed by atoms with Crippen LogP contribution < -0.4 is 5.32 Å². The zero-order valence-corrected chi connectivity index (χ0v) is 9.92. The lowest BCUT2D eigenvalue weighted by Crippen LogP contribution is -1.99. The largest absolute Gasteiger partial charge is 0.388 e. The molecule has 18 heavy (non-hydrogen) atoms. The molecule has 0 fully saturated rings. The number of carbonyl (C=O) groups is 1. The molecule has 2 N–H and O–H groups in total. The topological polar surface area (TPSA) is 75.1 Å². The SMILES string of the molecule is CC(=O)c1ccc(Nc2ccnc(CO)n2)cc1. The lowest BCUT2D eigenvalue weighted by molar-refractivity contribution is 0.101. The molecule has 5 nitrogen and oxygen atoms in total. The van der Waals surface area contributed by atoms with Crippen molar-refractivity contribution in [3.05, 3.63) is 47.9 Å². The van der Waals surface area contributed by atoms with Gasteiger partial charge in [-0.15, -0.1) is 0 Å². The number of hydrogen-bond donors (Lipinski definition) is 2. The first-order valence-electron chi connectivity index (χ1n) is 5.50. The molecule has 1 heterocycles. The average Bonchev–Trinajstić information content (AvgIpc) is 2.39. The van der Waals surface area contributed by atoms with E-state index >= 15 is 0 Å². The van der Waals surface area contributed by atoms with Crippen LogP contribution in [-0.4, -0.2) is 20.9 Å². The zero-order valence-electron chi connectivity index (χ0n) is 9.92. The molecular formula is C13H13N3O2. The minimum Gasteiger partial charge on any atom is -0.388 e. The molecule has 0 bridgehead atoms. The molecular weight excluding hydrogens is 230 g/mol. The van der Waals surface area contributed by atoms with Crippen molar-refractivity contribution in [3.63, 3.8) is 0 Å². The third-order valence-electron chi connectivity index (χ3n) is 2.41. The second-order valence-corrected chi connectivity index (χ2v) is 3.77. The van der Waals surface area contributed by atoms with Gasteiger partial charge in [-0.05, 0) is 37.3 Å². The number of nitrogens with zero attached hydrogens (tertiary/aromatic N) is 2. The van der Waals surface area contributed by atoms with E-state index in [0.717, 1.165) is 5.69 Å². The van der Waals surface area contributed by atoms with Crippen molar-refractivity contribution in [1.82, 2.24) is 9.97 Å². The summed E-state index contributed by atoms with van der Waals surface area (Å²) in [6.45, 7) is 1.33. The van der Waals surface area contributed by atoms with Gasteiger partial charge in [-0.25, -0.2) is 9.97 Å². The van der Waals surface area contributed by atoms with E-state index in [4.69, 9.17) is 5.11 Å². The zero-order chi connectivity index (χ0) is 13.0. The summed E-state index contributed by atoms with van der Waals surface area (Å²) in [6, 6.07) is 8.81. The molecule has 0 aliphatic carbocycles. The van der Waals surface area contributed by atoms with Gasteiger partial charge in [0.15, 0.2) is 11.6 Å². The Hall–Kier alpha value is -2.27. The van der Waals surface area contributed by atoms with Gasteiger partial charge in [0, 0.05) is 17.4 Å². The van der Waals surface area contributed by atoms with Gasteiger partial charge >= 0.3 is 0 Å². The van der Waals surface area contributed by atoms with Gasteiger partial charge in [-0.1, -0.05) is 0 Å². The molecule has 0 amide bonds.